The molecule has 172 valence electrons. The third kappa shape index (κ3) is 4.41. The fourth-order valence-electron chi connectivity index (χ4n) is 3.43. The van der Waals surface area contributed by atoms with E-state index < -0.39 is 35.5 Å². The van der Waals surface area contributed by atoms with E-state index in [1.54, 1.807) is 19.1 Å². The molecule has 3 rings (SSSR count). The van der Waals surface area contributed by atoms with E-state index in [1.807, 2.05) is 45.2 Å². The van der Waals surface area contributed by atoms with E-state index in [2.05, 4.69) is 10.6 Å². The molecule has 0 aromatic heterocycles. The van der Waals surface area contributed by atoms with Gasteiger partial charge >= 0.3 is 5.97 Å². The Bertz CT molecular complexity index is 1120. The highest BCUT2D eigenvalue weighted by atomic mass is 127. The molecule has 0 spiro atoms. The Morgan fingerprint density at radius 1 is 1.12 bits per heavy atom. The van der Waals surface area contributed by atoms with Crippen molar-refractivity contribution in [2.45, 2.75) is 31.6 Å². The molecule has 1 aliphatic rings. The number of carbonyl (C=O) groups is 1. The zero-order chi connectivity index (χ0) is 24.0. The predicted molar refractivity (Wildman–Crippen MR) is 133 cm³/mol. The van der Waals surface area contributed by atoms with Crippen molar-refractivity contribution < 1.29 is 27.5 Å². The summed E-state index contributed by atoms with van der Waals surface area (Å²) in [5, 5.41) is 14.0. The van der Waals surface area contributed by atoms with Crippen LogP contribution in [-0.4, -0.2) is 28.8 Å². The molecule has 0 saturated carbocycles. The second-order valence-electron chi connectivity index (χ2n) is 7.42. The Morgan fingerprint density at radius 2 is 1.75 bits per heavy atom. The molecule has 0 aliphatic heterocycles. The van der Waals surface area contributed by atoms with E-state index >= 15 is 13.2 Å². The monoisotopic (exact) mass is 694 g/mol. The third-order valence-electron chi connectivity index (χ3n) is 5.27. The normalized spacial score (nSPS) is 27.6. The smallest absolute Gasteiger partial charge is 0.315 e. The van der Waals surface area contributed by atoms with Crippen LogP contribution in [-0.2, 0) is 4.79 Å². The number of halogens is 7. The Kier molecular flexibility index (Phi) is 7.26. The van der Waals surface area contributed by atoms with Gasteiger partial charge in [0.15, 0.2) is 5.83 Å². The van der Waals surface area contributed by atoms with Crippen molar-refractivity contribution >= 4 is 74.1 Å². The number of alkyl halides is 3. The zero-order valence-electron chi connectivity index (χ0n) is 16.6. The van der Waals surface area contributed by atoms with Crippen molar-refractivity contribution in [3.63, 3.8) is 0 Å². The van der Waals surface area contributed by atoms with Crippen LogP contribution in [0.3, 0.4) is 0 Å². The van der Waals surface area contributed by atoms with Gasteiger partial charge in [0.25, 0.3) is 5.79 Å². The summed E-state index contributed by atoms with van der Waals surface area (Å²) in [6.07, 6.45) is -3.04. The molecule has 0 heterocycles. The van der Waals surface area contributed by atoms with Crippen molar-refractivity contribution in [2.75, 3.05) is 10.6 Å². The van der Waals surface area contributed by atoms with Gasteiger partial charge in [-0.2, -0.15) is 0 Å². The zero-order valence-corrected chi connectivity index (χ0v) is 21.7. The Morgan fingerprint density at radius 3 is 2.34 bits per heavy atom. The molecule has 4 atom stereocenters. The fourth-order valence-corrected chi connectivity index (χ4v) is 4.83. The quantitative estimate of drug-likeness (QED) is 0.181. The largest absolute Gasteiger partial charge is 0.481 e. The maximum absolute atomic E-state index is 16.1. The number of rotatable bonds is 5. The molecule has 0 saturated heterocycles. The Hall–Kier alpha value is -1.28. The average molecular weight is 695 g/mol. The minimum atomic E-state index is -3.66. The number of carboxylic acid groups (broad SMARTS) is 1. The van der Waals surface area contributed by atoms with E-state index in [0.717, 1.165) is 3.57 Å². The lowest BCUT2D eigenvalue weighted by Crippen LogP contribution is -2.64. The summed E-state index contributed by atoms with van der Waals surface area (Å²) in [6, 6.07) is 7.48. The Labute approximate surface area is 214 Å². The van der Waals surface area contributed by atoms with Crippen LogP contribution < -0.4 is 10.6 Å². The maximum Gasteiger partial charge on any atom is 0.315 e. The second-order valence-corrected chi connectivity index (χ2v) is 10.2. The van der Waals surface area contributed by atoms with Gasteiger partial charge in [0.05, 0.1) is 5.02 Å². The van der Waals surface area contributed by atoms with Crippen LogP contribution in [0.25, 0.3) is 0 Å². The molecule has 3 N–H and O–H groups in total. The lowest BCUT2D eigenvalue weighted by molar-refractivity contribution is -0.150. The molecule has 4 unspecified atom stereocenters. The molecule has 11 heteroatoms. The maximum atomic E-state index is 16.1. The summed E-state index contributed by atoms with van der Waals surface area (Å²) >= 11 is 10.1. The number of aryl methyl sites for hydroxylation is 1. The number of hydrogen-bond donors (Lipinski definition) is 3. The number of anilines is 2. The highest BCUT2D eigenvalue weighted by Crippen LogP contribution is 2.48. The Balaban J connectivity index is 2.10. The lowest BCUT2D eigenvalue weighted by atomic mass is 9.80. The highest BCUT2D eigenvalue weighted by molar-refractivity contribution is 14.1. The molecule has 0 radical (unpaired) electrons. The fraction of sp³-hybridized carbons (Fsp3) is 0.286. The summed E-state index contributed by atoms with van der Waals surface area (Å²) in [5.74, 6) is -13.2. The van der Waals surface area contributed by atoms with Crippen molar-refractivity contribution in [1.82, 2.24) is 0 Å². The van der Waals surface area contributed by atoms with Crippen molar-refractivity contribution in [2.24, 2.45) is 5.92 Å². The summed E-state index contributed by atoms with van der Waals surface area (Å²) in [5.41, 5.74) is 0.749. The van der Waals surface area contributed by atoms with Crippen LogP contribution in [0, 0.1) is 26.9 Å². The van der Waals surface area contributed by atoms with Gasteiger partial charge in [-0.3, -0.25) is 4.79 Å². The standard InChI is InChI=1S/C21H17ClF4I2N2O2/c1-9-7-11(27)3-5-14(9)29-21(26)16(23)8-12(18(31)32)20(25,19(21)24)30-15-6-4-13(28)17(22)10(15)2/h3-8,12,19,29-30H,1-2H3,(H,31,32). The molecule has 1 aliphatic carbocycles. The van der Waals surface area contributed by atoms with Gasteiger partial charge in [0, 0.05) is 18.5 Å². The second kappa shape index (κ2) is 9.16. The average Bonchev–Trinajstić information content (AvgIpc) is 2.72. The number of hydrogen-bond acceptors (Lipinski definition) is 3. The van der Waals surface area contributed by atoms with Crippen LogP contribution in [0.2, 0.25) is 5.02 Å². The summed E-state index contributed by atoms with van der Waals surface area (Å²) in [7, 11) is 0. The first-order valence-corrected chi connectivity index (χ1v) is 11.7. The third-order valence-corrected chi connectivity index (χ3v) is 7.64. The molecule has 32 heavy (non-hydrogen) atoms. The highest BCUT2D eigenvalue weighted by Gasteiger charge is 2.65. The van der Waals surface area contributed by atoms with Crippen LogP contribution >= 0.6 is 56.8 Å². The van der Waals surface area contributed by atoms with Crippen molar-refractivity contribution in [1.29, 1.82) is 0 Å². The van der Waals surface area contributed by atoms with Crippen LogP contribution in [0.1, 0.15) is 11.1 Å². The first-order valence-electron chi connectivity index (χ1n) is 9.21. The first-order chi connectivity index (χ1) is 14.8. The van der Waals surface area contributed by atoms with E-state index in [1.165, 1.54) is 25.1 Å². The SMILES string of the molecule is Cc1cc(I)ccc1NC1(F)C(F)=CC(C(=O)O)C(F)(Nc2ccc(I)c(Cl)c2C)C1F. The summed E-state index contributed by atoms with van der Waals surface area (Å²) in [6.45, 7) is 3.10. The number of benzene rings is 2. The topological polar surface area (TPSA) is 61.4 Å². The predicted octanol–water partition coefficient (Wildman–Crippen LogP) is 6.93. The number of aliphatic carboxylic acids is 1. The van der Waals surface area contributed by atoms with Crippen molar-refractivity contribution in [3.8, 4) is 0 Å². The molecule has 0 fully saturated rings. The molecule has 0 bridgehead atoms. The van der Waals surface area contributed by atoms with E-state index in [0.29, 0.717) is 14.7 Å². The van der Waals surface area contributed by atoms with E-state index in [9.17, 15) is 14.3 Å². The van der Waals surface area contributed by atoms with Crippen molar-refractivity contribution in [3.05, 3.63) is 65.5 Å². The number of nitrogens with one attached hydrogen (secondary N) is 2. The van der Waals surface area contributed by atoms with E-state index in [-0.39, 0.29) is 22.5 Å². The minimum absolute atomic E-state index is 0.0312. The molecular formula is C21H17ClF4I2N2O2. The lowest BCUT2D eigenvalue weighted by Gasteiger charge is -2.44. The van der Waals surface area contributed by atoms with Crippen LogP contribution in [0.15, 0.2) is 42.2 Å². The van der Waals surface area contributed by atoms with Crippen LogP contribution in [0.4, 0.5) is 28.9 Å². The van der Waals surface area contributed by atoms with Crippen LogP contribution in [0.5, 0.6) is 0 Å². The van der Waals surface area contributed by atoms with Gasteiger partial charge in [-0.1, -0.05) is 11.6 Å². The van der Waals surface area contributed by atoms with Gasteiger partial charge < -0.3 is 15.7 Å². The minimum Gasteiger partial charge on any atom is -0.481 e. The molecule has 4 nitrogen and oxygen atoms in total. The molecule has 2 aromatic rings. The molecule has 0 amide bonds. The van der Waals surface area contributed by atoms with Gasteiger partial charge in [0.2, 0.25) is 12.0 Å². The van der Waals surface area contributed by atoms with Gasteiger partial charge in [-0.25, -0.2) is 17.6 Å². The molecular weight excluding hydrogens is 677 g/mol. The summed E-state index contributed by atoms with van der Waals surface area (Å²) < 4.78 is 63.7. The number of carboxylic acids is 1. The van der Waals surface area contributed by atoms with E-state index in [4.69, 9.17) is 11.6 Å². The summed E-state index contributed by atoms with van der Waals surface area (Å²) in [4.78, 5) is 11.7. The first kappa shape index (κ1) is 25.3. The van der Waals surface area contributed by atoms with Gasteiger partial charge in [-0.15, -0.1) is 0 Å². The molecule has 2 aromatic carbocycles. The van der Waals surface area contributed by atoms with Gasteiger partial charge in [0.1, 0.15) is 5.92 Å². The van der Waals surface area contributed by atoms with Gasteiger partial charge in [-0.05, 0) is 107 Å².